The lowest BCUT2D eigenvalue weighted by Crippen LogP contribution is -2.15. The zero-order valence-electron chi connectivity index (χ0n) is 8.95. The summed E-state index contributed by atoms with van der Waals surface area (Å²) in [6.45, 7) is 0.0298. The van der Waals surface area contributed by atoms with Gasteiger partial charge >= 0.3 is 6.18 Å². The van der Waals surface area contributed by atoms with E-state index in [9.17, 15) is 13.2 Å². The minimum Gasteiger partial charge on any atom is -0.324 e. The number of pyridine rings is 1. The molecule has 0 spiro atoms. The van der Waals surface area contributed by atoms with Gasteiger partial charge in [0.1, 0.15) is 11.6 Å². The molecule has 0 aliphatic rings. The lowest BCUT2D eigenvalue weighted by Gasteiger charge is -2.14. The fourth-order valence-corrected chi connectivity index (χ4v) is 1.84. The first kappa shape index (κ1) is 13.0. The first-order valence-electron chi connectivity index (χ1n) is 4.89. The van der Waals surface area contributed by atoms with Crippen LogP contribution in [0.25, 0.3) is 5.82 Å². The van der Waals surface area contributed by atoms with Gasteiger partial charge in [-0.1, -0.05) is 0 Å². The predicted molar refractivity (Wildman–Crippen MR) is 62.0 cm³/mol. The van der Waals surface area contributed by atoms with Crippen molar-refractivity contribution in [3.8, 4) is 5.82 Å². The van der Waals surface area contributed by atoms with Crippen LogP contribution in [0.3, 0.4) is 0 Å². The van der Waals surface area contributed by atoms with Crippen molar-refractivity contribution < 1.29 is 13.2 Å². The summed E-state index contributed by atoms with van der Waals surface area (Å²) in [6.07, 6.45) is -0.424. The van der Waals surface area contributed by atoms with E-state index in [0.29, 0.717) is 5.82 Å². The third-order valence-electron chi connectivity index (χ3n) is 2.27. The topological polar surface area (TPSA) is 56.7 Å². The van der Waals surface area contributed by atoms with Gasteiger partial charge in [0.2, 0.25) is 0 Å². The molecule has 18 heavy (non-hydrogen) atoms. The molecule has 0 saturated heterocycles. The first-order chi connectivity index (χ1) is 8.43. The lowest BCUT2D eigenvalue weighted by molar-refractivity contribution is -0.137. The van der Waals surface area contributed by atoms with Gasteiger partial charge in [-0.3, -0.25) is 4.57 Å². The van der Waals surface area contributed by atoms with Gasteiger partial charge in [0.15, 0.2) is 0 Å². The minimum absolute atomic E-state index is 0.0298. The molecule has 2 aromatic heterocycles. The molecular formula is C10H8BrF3N4. The van der Waals surface area contributed by atoms with Crippen molar-refractivity contribution in [1.82, 2.24) is 14.5 Å². The van der Waals surface area contributed by atoms with Gasteiger partial charge in [-0.25, -0.2) is 9.97 Å². The fourth-order valence-electron chi connectivity index (χ4n) is 1.51. The Morgan fingerprint density at radius 1 is 1.33 bits per heavy atom. The van der Waals surface area contributed by atoms with Gasteiger partial charge in [0, 0.05) is 23.1 Å². The van der Waals surface area contributed by atoms with E-state index < -0.39 is 11.7 Å². The van der Waals surface area contributed by atoms with Crippen LogP contribution >= 0.6 is 15.9 Å². The number of alkyl halides is 3. The fraction of sp³-hybridized carbons (Fsp3) is 0.200. The molecule has 0 unspecified atom stereocenters. The number of imidazole rings is 1. The van der Waals surface area contributed by atoms with Crippen molar-refractivity contribution >= 4 is 15.9 Å². The highest BCUT2D eigenvalue weighted by Crippen LogP contribution is 2.34. The number of rotatable bonds is 2. The summed E-state index contributed by atoms with van der Waals surface area (Å²) < 4.78 is 40.3. The smallest absolute Gasteiger partial charge is 0.324 e. The molecule has 0 aliphatic carbocycles. The molecule has 0 fully saturated rings. The summed E-state index contributed by atoms with van der Waals surface area (Å²) in [5.74, 6) is 0.0824. The van der Waals surface area contributed by atoms with E-state index in [-0.39, 0.29) is 16.8 Å². The van der Waals surface area contributed by atoms with Crippen LogP contribution in [0, 0.1) is 0 Å². The Hall–Kier alpha value is -1.41. The Balaban J connectivity index is 2.65. The number of nitrogens with two attached hydrogens (primary N) is 1. The number of nitrogens with zero attached hydrogens (tertiary/aromatic N) is 3. The summed E-state index contributed by atoms with van der Waals surface area (Å²) >= 11 is 2.98. The van der Waals surface area contributed by atoms with Crippen molar-refractivity contribution in [2.75, 3.05) is 0 Å². The van der Waals surface area contributed by atoms with Gasteiger partial charge in [-0.2, -0.15) is 13.2 Å². The van der Waals surface area contributed by atoms with E-state index in [2.05, 4.69) is 25.9 Å². The number of hydrogen-bond donors (Lipinski definition) is 1. The Morgan fingerprint density at radius 3 is 2.67 bits per heavy atom. The van der Waals surface area contributed by atoms with Gasteiger partial charge in [0.05, 0.1) is 12.1 Å². The van der Waals surface area contributed by atoms with Crippen LogP contribution in [0.4, 0.5) is 13.2 Å². The summed E-state index contributed by atoms with van der Waals surface area (Å²) in [5, 5.41) is 0. The summed E-state index contributed by atoms with van der Waals surface area (Å²) in [4.78, 5) is 7.67. The van der Waals surface area contributed by atoms with Gasteiger partial charge in [-0.15, -0.1) is 0 Å². The molecule has 0 amide bonds. The van der Waals surface area contributed by atoms with E-state index in [1.165, 1.54) is 23.2 Å². The zero-order chi connectivity index (χ0) is 13.3. The first-order valence-corrected chi connectivity index (χ1v) is 5.68. The quantitative estimate of drug-likeness (QED) is 0.925. The summed E-state index contributed by atoms with van der Waals surface area (Å²) in [7, 11) is 0. The van der Waals surface area contributed by atoms with E-state index in [1.807, 2.05) is 0 Å². The molecule has 96 valence electrons. The van der Waals surface area contributed by atoms with E-state index in [4.69, 9.17) is 5.73 Å². The monoisotopic (exact) mass is 320 g/mol. The molecule has 0 bridgehead atoms. The molecule has 8 heteroatoms. The average molecular weight is 321 g/mol. The molecule has 2 heterocycles. The van der Waals surface area contributed by atoms with E-state index in [0.717, 1.165) is 6.07 Å². The largest absolute Gasteiger partial charge is 0.420 e. The Kier molecular flexibility index (Phi) is 3.40. The molecule has 4 nitrogen and oxygen atoms in total. The van der Waals surface area contributed by atoms with Crippen LogP contribution in [0.1, 0.15) is 11.4 Å². The van der Waals surface area contributed by atoms with Crippen LogP contribution < -0.4 is 5.73 Å². The van der Waals surface area contributed by atoms with Crippen LogP contribution in [-0.4, -0.2) is 14.5 Å². The molecule has 0 aromatic carbocycles. The summed E-state index contributed by atoms with van der Waals surface area (Å²) in [5.41, 5.74) is 4.58. The minimum atomic E-state index is -4.50. The molecule has 0 atom stereocenters. The highest BCUT2D eigenvalue weighted by Gasteiger charge is 2.35. The van der Waals surface area contributed by atoms with Crippen molar-refractivity contribution in [3.63, 3.8) is 0 Å². The molecular weight excluding hydrogens is 313 g/mol. The normalized spacial score (nSPS) is 11.8. The highest BCUT2D eigenvalue weighted by molar-refractivity contribution is 9.10. The van der Waals surface area contributed by atoms with Crippen LogP contribution in [0.15, 0.2) is 29.1 Å². The van der Waals surface area contributed by atoms with Crippen LogP contribution in [-0.2, 0) is 12.7 Å². The lowest BCUT2D eigenvalue weighted by atomic mass is 10.2. The van der Waals surface area contributed by atoms with Gasteiger partial charge in [0.25, 0.3) is 0 Å². The van der Waals surface area contributed by atoms with Crippen LogP contribution in [0.2, 0.25) is 0 Å². The molecule has 0 radical (unpaired) electrons. The molecule has 0 saturated carbocycles. The third kappa shape index (κ3) is 2.39. The molecule has 0 aliphatic heterocycles. The zero-order valence-corrected chi connectivity index (χ0v) is 10.5. The maximum atomic E-state index is 12.9. The Labute approximate surface area is 109 Å². The number of halogens is 4. The molecule has 2 rings (SSSR count). The number of hydrogen-bond acceptors (Lipinski definition) is 3. The average Bonchev–Trinajstić information content (AvgIpc) is 2.75. The number of aromatic nitrogens is 3. The third-order valence-corrected chi connectivity index (χ3v) is 2.70. The predicted octanol–water partition coefficient (Wildman–Crippen LogP) is 2.51. The Bertz CT molecular complexity index is 564. The maximum absolute atomic E-state index is 12.9. The molecule has 2 N–H and O–H groups in total. The van der Waals surface area contributed by atoms with Crippen molar-refractivity contribution in [2.24, 2.45) is 5.73 Å². The van der Waals surface area contributed by atoms with Crippen molar-refractivity contribution in [1.29, 1.82) is 0 Å². The van der Waals surface area contributed by atoms with Gasteiger partial charge in [-0.05, 0) is 22.0 Å². The standard InChI is InChI=1S/C10H8BrF3N4/c11-6-3-7(10(12,13)14)9(17-5-6)18-2-1-16-8(18)4-15/h1-3,5H,4,15H2. The Morgan fingerprint density at radius 2 is 2.06 bits per heavy atom. The summed E-state index contributed by atoms with van der Waals surface area (Å²) in [6, 6.07) is 0.975. The second kappa shape index (κ2) is 4.69. The maximum Gasteiger partial charge on any atom is 0.420 e. The van der Waals surface area contributed by atoms with Gasteiger partial charge < -0.3 is 5.73 Å². The second-order valence-corrected chi connectivity index (χ2v) is 4.36. The molecule has 2 aromatic rings. The highest BCUT2D eigenvalue weighted by atomic mass is 79.9. The SMILES string of the molecule is NCc1nccn1-c1ncc(Br)cc1C(F)(F)F. The van der Waals surface area contributed by atoms with E-state index >= 15 is 0 Å². The van der Waals surface area contributed by atoms with E-state index in [1.54, 1.807) is 0 Å². The van der Waals surface area contributed by atoms with Crippen molar-refractivity contribution in [3.05, 3.63) is 40.5 Å². The van der Waals surface area contributed by atoms with Crippen LogP contribution in [0.5, 0.6) is 0 Å². The second-order valence-electron chi connectivity index (χ2n) is 3.44. The van der Waals surface area contributed by atoms with Crippen molar-refractivity contribution in [2.45, 2.75) is 12.7 Å².